The molecule has 1 saturated carbocycles. The van der Waals surface area contributed by atoms with E-state index in [-0.39, 0.29) is 0 Å². The van der Waals surface area contributed by atoms with Crippen LogP contribution in [0.1, 0.15) is 89.0 Å². The summed E-state index contributed by atoms with van der Waals surface area (Å²) in [6.45, 7) is 27.8. The second-order valence-electron chi connectivity index (χ2n) is 10.3. The summed E-state index contributed by atoms with van der Waals surface area (Å²) >= 11 is 0. The summed E-state index contributed by atoms with van der Waals surface area (Å²) in [4.78, 5) is 0. The average Bonchev–Trinajstić information content (AvgIpc) is 2.59. The summed E-state index contributed by atoms with van der Waals surface area (Å²) in [5, 5.41) is 0. The van der Waals surface area contributed by atoms with Gasteiger partial charge in [-0.1, -0.05) is 89.0 Å². The minimum Gasteiger partial charge on any atom is -0.0622 e. The topological polar surface area (TPSA) is 0 Å². The molecule has 24 heavy (non-hydrogen) atoms. The highest BCUT2D eigenvalue weighted by Crippen LogP contribution is 2.43. The van der Waals surface area contributed by atoms with Gasteiger partial charge in [-0.05, 0) is 65.1 Å². The molecular weight excluding hydrogens is 288 g/mol. The van der Waals surface area contributed by atoms with Crippen molar-refractivity contribution >= 4 is 0 Å². The Morgan fingerprint density at radius 3 is 0.667 bits per heavy atom. The predicted molar refractivity (Wildman–Crippen MR) is 110 cm³/mol. The zero-order valence-corrected chi connectivity index (χ0v) is 18.8. The van der Waals surface area contributed by atoms with Crippen molar-refractivity contribution in [3.8, 4) is 0 Å². The maximum absolute atomic E-state index is 2.53. The SMILES string of the molecule is CC1CCC(C)C(C)C(C)C(C)C(C)C(C)C(C)C(C)C(C)C1C. The van der Waals surface area contributed by atoms with E-state index in [1.165, 1.54) is 12.8 Å². The van der Waals surface area contributed by atoms with Gasteiger partial charge in [-0.15, -0.1) is 0 Å². The van der Waals surface area contributed by atoms with Crippen LogP contribution >= 0.6 is 0 Å². The second kappa shape index (κ2) is 9.09. The maximum atomic E-state index is 2.53. The van der Waals surface area contributed by atoms with Crippen molar-refractivity contribution in [1.29, 1.82) is 0 Å². The molecule has 144 valence electrons. The quantitative estimate of drug-likeness (QED) is 0.423. The van der Waals surface area contributed by atoms with E-state index in [9.17, 15) is 0 Å². The van der Waals surface area contributed by atoms with E-state index >= 15 is 0 Å². The summed E-state index contributed by atoms with van der Waals surface area (Å²) in [6, 6.07) is 0. The van der Waals surface area contributed by atoms with Crippen molar-refractivity contribution < 1.29 is 0 Å². The molecule has 0 radical (unpaired) electrons. The first-order valence-electron chi connectivity index (χ1n) is 11.0. The van der Waals surface area contributed by atoms with Gasteiger partial charge in [0.05, 0.1) is 0 Å². The molecular formula is C24H48. The molecule has 1 aliphatic carbocycles. The Kier molecular flexibility index (Phi) is 8.35. The lowest BCUT2D eigenvalue weighted by atomic mass is 9.65. The first-order valence-corrected chi connectivity index (χ1v) is 11.0. The molecule has 0 heterocycles. The van der Waals surface area contributed by atoms with Crippen LogP contribution in [0.3, 0.4) is 0 Å². The molecule has 0 N–H and O–H groups in total. The first kappa shape index (κ1) is 22.0. The molecule has 10 atom stereocenters. The third-order valence-corrected chi connectivity index (χ3v) is 9.51. The minimum atomic E-state index is 0.811. The summed E-state index contributed by atoms with van der Waals surface area (Å²) in [5.74, 6) is 9.10. The summed E-state index contributed by atoms with van der Waals surface area (Å²) in [7, 11) is 0. The molecule has 0 spiro atoms. The van der Waals surface area contributed by atoms with Crippen molar-refractivity contribution in [3.05, 3.63) is 0 Å². The van der Waals surface area contributed by atoms with Crippen LogP contribution in [-0.4, -0.2) is 0 Å². The standard InChI is InChI=1S/C24H48/c1-14-12-13-15(2)17(4)19(6)21(8)23(10)24(11)22(9)20(7)18(5)16(14)3/h14-24H,12-13H2,1-11H3. The minimum absolute atomic E-state index is 0.811. The van der Waals surface area contributed by atoms with Gasteiger partial charge in [0, 0.05) is 0 Å². The van der Waals surface area contributed by atoms with Crippen LogP contribution in [0.15, 0.2) is 0 Å². The highest BCUT2D eigenvalue weighted by atomic mass is 14.4. The third kappa shape index (κ3) is 4.79. The maximum Gasteiger partial charge on any atom is -0.0386 e. The molecule has 0 bridgehead atoms. The van der Waals surface area contributed by atoms with E-state index in [1.54, 1.807) is 0 Å². The van der Waals surface area contributed by atoms with Crippen LogP contribution in [-0.2, 0) is 0 Å². The van der Waals surface area contributed by atoms with Crippen LogP contribution in [0, 0.1) is 65.1 Å². The Hall–Kier alpha value is 0. The fourth-order valence-electron chi connectivity index (χ4n) is 5.44. The Balaban J connectivity index is 3.11. The lowest BCUT2D eigenvalue weighted by Gasteiger charge is -2.40. The monoisotopic (exact) mass is 336 g/mol. The van der Waals surface area contributed by atoms with Crippen molar-refractivity contribution in [2.75, 3.05) is 0 Å². The highest BCUT2D eigenvalue weighted by molar-refractivity contribution is 4.85. The number of hydrogen-bond acceptors (Lipinski definition) is 0. The Bertz CT molecular complexity index is 325. The Morgan fingerprint density at radius 1 is 0.292 bits per heavy atom. The molecule has 0 saturated heterocycles. The lowest BCUT2D eigenvalue weighted by molar-refractivity contribution is 0.0815. The van der Waals surface area contributed by atoms with E-state index in [4.69, 9.17) is 0 Å². The molecule has 1 fully saturated rings. The summed E-state index contributed by atoms with van der Waals surface area (Å²) in [6.07, 6.45) is 2.81. The molecule has 1 rings (SSSR count). The van der Waals surface area contributed by atoms with E-state index in [0.29, 0.717) is 0 Å². The molecule has 0 aromatic carbocycles. The molecule has 10 unspecified atom stereocenters. The number of hydrogen-bond donors (Lipinski definition) is 0. The van der Waals surface area contributed by atoms with Crippen molar-refractivity contribution in [3.63, 3.8) is 0 Å². The van der Waals surface area contributed by atoms with E-state index in [2.05, 4.69) is 76.2 Å². The van der Waals surface area contributed by atoms with Crippen LogP contribution in [0.4, 0.5) is 0 Å². The Labute approximate surface area is 154 Å². The highest BCUT2D eigenvalue weighted by Gasteiger charge is 2.36. The molecule has 0 aromatic heterocycles. The van der Waals surface area contributed by atoms with Gasteiger partial charge in [-0.3, -0.25) is 0 Å². The van der Waals surface area contributed by atoms with Crippen LogP contribution in [0.25, 0.3) is 0 Å². The molecule has 0 heteroatoms. The second-order valence-corrected chi connectivity index (χ2v) is 10.3. The molecule has 0 amide bonds. The smallest absolute Gasteiger partial charge is 0.0386 e. The van der Waals surface area contributed by atoms with Gasteiger partial charge in [0.15, 0.2) is 0 Å². The van der Waals surface area contributed by atoms with E-state index in [1.807, 2.05) is 0 Å². The van der Waals surface area contributed by atoms with E-state index in [0.717, 1.165) is 65.1 Å². The molecule has 0 nitrogen and oxygen atoms in total. The third-order valence-electron chi connectivity index (χ3n) is 9.51. The zero-order valence-electron chi connectivity index (χ0n) is 18.8. The Morgan fingerprint density at radius 2 is 0.458 bits per heavy atom. The zero-order chi connectivity index (χ0) is 18.8. The van der Waals surface area contributed by atoms with Gasteiger partial charge in [-0.25, -0.2) is 0 Å². The van der Waals surface area contributed by atoms with Gasteiger partial charge in [-0.2, -0.15) is 0 Å². The fraction of sp³-hybridized carbons (Fsp3) is 1.00. The fourth-order valence-corrected chi connectivity index (χ4v) is 5.44. The largest absolute Gasteiger partial charge is 0.0622 e. The van der Waals surface area contributed by atoms with Gasteiger partial charge in [0.25, 0.3) is 0 Å². The molecule has 1 aliphatic rings. The normalized spacial score (nSPS) is 52.9. The molecule has 0 aliphatic heterocycles. The van der Waals surface area contributed by atoms with Crippen LogP contribution in [0.2, 0.25) is 0 Å². The molecule has 0 aromatic rings. The van der Waals surface area contributed by atoms with Gasteiger partial charge in [0.2, 0.25) is 0 Å². The van der Waals surface area contributed by atoms with Gasteiger partial charge >= 0.3 is 0 Å². The first-order chi connectivity index (χ1) is 11.0. The number of rotatable bonds is 0. The van der Waals surface area contributed by atoms with Crippen LogP contribution < -0.4 is 0 Å². The van der Waals surface area contributed by atoms with Gasteiger partial charge < -0.3 is 0 Å². The average molecular weight is 337 g/mol. The predicted octanol–water partition coefficient (Wildman–Crippen LogP) is 7.78. The van der Waals surface area contributed by atoms with Crippen molar-refractivity contribution in [1.82, 2.24) is 0 Å². The van der Waals surface area contributed by atoms with Crippen molar-refractivity contribution in [2.45, 2.75) is 89.0 Å². The summed E-state index contributed by atoms with van der Waals surface area (Å²) in [5.41, 5.74) is 0. The lowest BCUT2D eigenvalue weighted by Crippen LogP contribution is -2.34. The van der Waals surface area contributed by atoms with Gasteiger partial charge in [0.1, 0.15) is 0 Å². The van der Waals surface area contributed by atoms with Crippen molar-refractivity contribution in [2.24, 2.45) is 65.1 Å². The summed E-state index contributed by atoms with van der Waals surface area (Å²) < 4.78 is 0. The van der Waals surface area contributed by atoms with E-state index < -0.39 is 0 Å². The van der Waals surface area contributed by atoms with Crippen LogP contribution in [0.5, 0.6) is 0 Å².